The first kappa shape index (κ1) is 16.3. The van der Waals surface area contributed by atoms with Gasteiger partial charge in [-0.15, -0.1) is 0 Å². The zero-order chi connectivity index (χ0) is 17.8. The number of nitrogens with one attached hydrogen (secondary N) is 1. The van der Waals surface area contributed by atoms with Gasteiger partial charge < -0.3 is 4.42 Å². The lowest BCUT2D eigenvalue weighted by atomic mass is 10.1. The second-order valence-electron chi connectivity index (χ2n) is 5.00. The predicted octanol–water partition coefficient (Wildman–Crippen LogP) is 4.58. The average Bonchev–Trinajstić information content (AvgIpc) is 3.06. The Labute approximate surface area is 140 Å². The van der Waals surface area contributed by atoms with Crippen LogP contribution in [-0.2, 0) is 0 Å². The lowest BCUT2D eigenvalue weighted by Crippen LogP contribution is -1.93. The fourth-order valence-corrected chi connectivity index (χ4v) is 2.07. The number of furan rings is 1. The number of rotatable bonds is 5. The fourth-order valence-electron chi connectivity index (χ4n) is 2.07. The van der Waals surface area contributed by atoms with Crippen LogP contribution in [0.25, 0.3) is 11.3 Å². The van der Waals surface area contributed by atoms with Gasteiger partial charge in [-0.25, -0.2) is 8.78 Å². The molecule has 3 aromatic rings. The standard InChI is InChI=1S/C17H11F2N3O3/c18-12-3-7-16(15(19)9-12)21-20-10-14-6-8-17(25-14)11-1-4-13(5-2-11)22(23)24/h1-10,21H/b20-10-. The molecule has 0 fully saturated rings. The number of hydrazone groups is 1. The lowest BCUT2D eigenvalue weighted by molar-refractivity contribution is -0.384. The summed E-state index contributed by atoms with van der Waals surface area (Å²) in [5.74, 6) is -0.540. The molecule has 0 atom stereocenters. The number of hydrogen-bond acceptors (Lipinski definition) is 5. The van der Waals surface area contributed by atoms with Crippen LogP contribution in [0.2, 0.25) is 0 Å². The van der Waals surface area contributed by atoms with Gasteiger partial charge in [0.15, 0.2) is 5.82 Å². The van der Waals surface area contributed by atoms with Crippen LogP contribution in [0.1, 0.15) is 5.76 Å². The van der Waals surface area contributed by atoms with E-state index in [4.69, 9.17) is 4.42 Å². The van der Waals surface area contributed by atoms with E-state index in [9.17, 15) is 18.9 Å². The van der Waals surface area contributed by atoms with Gasteiger partial charge in [-0.05, 0) is 36.4 Å². The number of nitro benzene ring substituents is 1. The summed E-state index contributed by atoms with van der Waals surface area (Å²) in [6.07, 6.45) is 1.33. The van der Waals surface area contributed by atoms with Crippen molar-refractivity contribution >= 4 is 17.6 Å². The van der Waals surface area contributed by atoms with Gasteiger partial charge in [0, 0.05) is 23.8 Å². The van der Waals surface area contributed by atoms with Crippen molar-refractivity contribution in [1.82, 2.24) is 0 Å². The maximum absolute atomic E-state index is 13.4. The van der Waals surface area contributed by atoms with Crippen molar-refractivity contribution in [3.8, 4) is 11.3 Å². The van der Waals surface area contributed by atoms with Crippen molar-refractivity contribution in [2.45, 2.75) is 0 Å². The first-order valence-corrected chi connectivity index (χ1v) is 7.12. The molecule has 8 heteroatoms. The summed E-state index contributed by atoms with van der Waals surface area (Å²) in [6, 6.07) is 12.3. The van der Waals surface area contributed by atoms with Crippen LogP contribution in [-0.4, -0.2) is 11.1 Å². The Kier molecular flexibility index (Phi) is 4.51. The van der Waals surface area contributed by atoms with Gasteiger partial charge in [-0.3, -0.25) is 15.5 Å². The summed E-state index contributed by atoms with van der Waals surface area (Å²) in [5.41, 5.74) is 3.14. The highest BCUT2D eigenvalue weighted by atomic mass is 19.1. The number of benzene rings is 2. The maximum atomic E-state index is 13.4. The molecule has 25 heavy (non-hydrogen) atoms. The van der Waals surface area contributed by atoms with E-state index in [-0.39, 0.29) is 11.4 Å². The molecule has 0 saturated heterocycles. The minimum atomic E-state index is -0.761. The molecule has 1 heterocycles. The molecule has 0 amide bonds. The maximum Gasteiger partial charge on any atom is 0.269 e. The van der Waals surface area contributed by atoms with Crippen molar-refractivity contribution in [2.24, 2.45) is 5.10 Å². The molecule has 3 rings (SSSR count). The molecule has 2 aromatic carbocycles. The molecule has 6 nitrogen and oxygen atoms in total. The molecule has 1 aromatic heterocycles. The number of nitro groups is 1. The number of anilines is 1. The molecule has 0 radical (unpaired) electrons. The Hall–Kier alpha value is -3.55. The quantitative estimate of drug-likeness (QED) is 0.418. The summed E-state index contributed by atoms with van der Waals surface area (Å²) < 4.78 is 31.8. The first-order valence-electron chi connectivity index (χ1n) is 7.12. The monoisotopic (exact) mass is 343 g/mol. The minimum Gasteiger partial charge on any atom is -0.455 e. The number of nitrogens with zero attached hydrogens (tertiary/aromatic N) is 2. The van der Waals surface area contributed by atoms with Crippen molar-refractivity contribution in [3.05, 3.63) is 82.1 Å². The van der Waals surface area contributed by atoms with Gasteiger partial charge in [-0.2, -0.15) is 5.10 Å². The van der Waals surface area contributed by atoms with Crippen LogP contribution in [0.3, 0.4) is 0 Å². The summed E-state index contributed by atoms with van der Waals surface area (Å²) in [6.45, 7) is 0. The van der Waals surface area contributed by atoms with Gasteiger partial charge in [0.05, 0.1) is 16.8 Å². The van der Waals surface area contributed by atoms with Crippen LogP contribution >= 0.6 is 0 Å². The van der Waals surface area contributed by atoms with E-state index in [1.165, 1.54) is 24.4 Å². The second kappa shape index (κ2) is 6.91. The SMILES string of the molecule is O=[N+]([O-])c1ccc(-c2ccc(/C=N\Nc3ccc(F)cc3F)o2)cc1. The Morgan fingerprint density at radius 2 is 1.84 bits per heavy atom. The highest BCUT2D eigenvalue weighted by Gasteiger charge is 2.08. The molecular weight excluding hydrogens is 332 g/mol. The van der Waals surface area contributed by atoms with Gasteiger partial charge in [0.1, 0.15) is 17.3 Å². The van der Waals surface area contributed by atoms with Gasteiger partial charge in [0.2, 0.25) is 0 Å². The summed E-state index contributed by atoms with van der Waals surface area (Å²) >= 11 is 0. The molecule has 0 aliphatic carbocycles. The second-order valence-corrected chi connectivity index (χ2v) is 5.00. The Morgan fingerprint density at radius 3 is 2.52 bits per heavy atom. The number of non-ortho nitro benzene ring substituents is 1. The fraction of sp³-hybridized carbons (Fsp3) is 0. The van der Waals surface area contributed by atoms with Crippen LogP contribution in [0.15, 0.2) is 64.1 Å². The first-order chi connectivity index (χ1) is 12.0. The van der Waals surface area contributed by atoms with Gasteiger partial charge in [-0.1, -0.05) is 0 Å². The summed E-state index contributed by atoms with van der Waals surface area (Å²) in [5, 5.41) is 14.5. The van der Waals surface area contributed by atoms with E-state index in [0.717, 1.165) is 12.1 Å². The van der Waals surface area contributed by atoms with Gasteiger partial charge >= 0.3 is 0 Å². The Morgan fingerprint density at radius 1 is 1.08 bits per heavy atom. The van der Waals surface area contributed by atoms with Crippen LogP contribution in [0.5, 0.6) is 0 Å². The van der Waals surface area contributed by atoms with Crippen molar-refractivity contribution in [3.63, 3.8) is 0 Å². The molecule has 126 valence electrons. The zero-order valence-electron chi connectivity index (χ0n) is 12.6. The largest absolute Gasteiger partial charge is 0.455 e. The number of hydrogen-bond donors (Lipinski definition) is 1. The molecule has 0 aliphatic heterocycles. The molecule has 0 spiro atoms. The Bertz CT molecular complexity index is 937. The van der Waals surface area contributed by atoms with Crippen molar-refractivity contribution < 1.29 is 18.1 Å². The Balaban J connectivity index is 1.69. The van der Waals surface area contributed by atoms with Gasteiger partial charge in [0.25, 0.3) is 5.69 Å². The third kappa shape index (κ3) is 3.86. The average molecular weight is 343 g/mol. The van der Waals surface area contributed by atoms with E-state index in [1.807, 2.05) is 0 Å². The van der Waals surface area contributed by atoms with E-state index >= 15 is 0 Å². The van der Waals surface area contributed by atoms with E-state index < -0.39 is 16.6 Å². The van der Waals surface area contributed by atoms with Crippen molar-refractivity contribution in [2.75, 3.05) is 5.43 Å². The zero-order valence-corrected chi connectivity index (χ0v) is 12.6. The van der Waals surface area contributed by atoms with E-state index in [2.05, 4.69) is 10.5 Å². The molecule has 1 N–H and O–H groups in total. The topological polar surface area (TPSA) is 80.7 Å². The smallest absolute Gasteiger partial charge is 0.269 e. The predicted molar refractivity (Wildman–Crippen MR) is 88.4 cm³/mol. The summed E-state index contributed by atoms with van der Waals surface area (Å²) in [4.78, 5) is 10.2. The van der Waals surface area contributed by atoms with Crippen LogP contribution in [0.4, 0.5) is 20.2 Å². The molecular formula is C17H11F2N3O3. The number of halogens is 2. The lowest BCUT2D eigenvalue weighted by Gasteiger charge is -2.01. The highest BCUT2D eigenvalue weighted by Crippen LogP contribution is 2.24. The summed E-state index contributed by atoms with van der Waals surface area (Å²) in [7, 11) is 0. The molecule has 0 unspecified atom stereocenters. The molecule has 0 bridgehead atoms. The molecule has 0 aliphatic rings. The van der Waals surface area contributed by atoms with Crippen LogP contribution in [0, 0.1) is 21.7 Å². The normalized spacial score (nSPS) is 11.0. The van der Waals surface area contributed by atoms with E-state index in [0.29, 0.717) is 17.1 Å². The van der Waals surface area contributed by atoms with E-state index in [1.54, 1.807) is 24.3 Å². The highest BCUT2D eigenvalue weighted by molar-refractivity contribution is 5.78. The third-order valence-electron chi connectivity index (χ3n) is 3.30. The van der Waals surface area contributed by atoms with Crippen molar-refractivity contribution in [1.29, 1.82) is 0 Å². The minimum absolute atomic E-state index is 0.0115. The molecule has 0 saturated carbocycles. The van der Waals surface area contributed by atoms with Crippen LogP contribution < -0.4 is 5.43 Å². The third-order valence-corrected chi connectivity index (χ3v) is 3.30.